The van der Waals surface area contributed by atoms with Gasteiger partial charge in [-0.1, -0.05) is 18.2 Å². The fourth-order valence-electron chi connectivity index (χ4n) is 2.59. The van der Waals surface area contributed by atoms with Crippen molar-refractivity contribution in [3.8, 4) is 0 Å². The summed E-state index contributed by atoms with van der Waals surface area (Å²) in [4.78, 5) is 0. The fourth-order valence-corrected chi connectivity index (χ4v) is 2.59. The summed E-state index contributed by atoms with van der Waals surface area (Å²) < 4.78 is 25.1. The van der Waals surface area contributed by atoms with Gasteiger partial charge in [-0.15, -0.1) is 0 Å². The highest BCUT2D eigenvalue weighted by molar-refractivity contribution is 5.20. The molecule has 1 aliphatic heterocycles. The third-order valence-electron chi connectivity index (χ3n) is 3.47. The molecule has 1 aliphatic rings. The van der Waals surface area contributed by atoms with Gasteiger partial charge in [0.15, 0.2) is 0 Å². The lowest BCUT2D eigenvalue weighted by Crippen LogP contribution is -2.35. The van der Waals surface area contributed by atoms with E-state index < -0.39 is 6.04 Å². The van der Waals surface area contributed by atoms with Crippen LogP contribution in [0.5, 0.6) is 0 Å². The van der Waals surface area contributed by atoms with Gasteiger partial charge >= 0.3 is 0 Å². The van der Waals surface area contributed by atoms with Crippen LogP contribution in [-0.2, 0) is 9.47 Å². The zero-order chi connectivity index (χ0) is 13.8. The summed E-state index contributed by atoms with van der Waals surface area (Å²) >= 11 is 0. The van der Waals surface area contributed by atoms with E-state index in [4.69, 9.17) is 15.2 Å². The Morgan fingerprint density at radius 2 is 1.95 bits per heavy atom. The molecular formula is C15H22FNO2. The van der Waals surface area contributed by atoms with E-state index in [9.17, 15) is 4.39 Å². The first-order valence-electron chi connectivity index (χ1n) is 6.83. The molecule has 2 N–H and O–H groups in total. The number of benzene rings is 1. The summed E-state index contributed by atoms with van der Waals surface area (Å²) in [5.41, 5.74) is 6.50. The SMILES string of the molecule is CC1CC(OCC(N)c2ccccc2F)CC(C)O1. The summed E-state index contributed by atoms with van der Waals surface area (Å²) in [7, 11) is 0. The molecule has 3 unspecified atom stereocenters. The van der Waals surface area contributed by atoms with Gasteiger partial charge in [-0.25, -0.2) is 4.39 Å². The average molecular weight is 267 g/mol. The van der Waals surface area contributed by atoms with Crippen molar-refractivity contribution in [2.24, 2.45) is 5.73 Å². The molecule has 1 aromatic rings. The van der Waals surface area contributed by atoms with Crippen molar-refractivity contribution < 1.29 is 13.9 Å². The standard InChI is InChI=1S/C15H22FNO2/c1-10-7-12(8-11(2)19-10)18-9-15(17)13-5-3-4-6-14(13)16/h3-6,10-12,15H,7-9,17H2,1-2H3. The zero-order valence-electron chi connectivity index (χ0n) is 11.5. The number of ether oxygens (including phenoxy) is 2. The van der Waals surface area contributed by atoms with Gasteiger partial charge in [-0.3, -0.25) is 0 Å². The van der Waals surface area contributed by atoms with Gasteiger partial charge in [0.2, 0.25) is 0 Å². The van der Waals surface area contributed by atoms with Crippen LogP contribution in [0, 0.1) is 5.82 Å². The molecule has 0 radical (unpaired) electrons. The van der Waals surface area contributed by atoms with Gasteiger partial charge in [-0.2, -0.15) is 0 Å². The molecule has 0 aliphatic carbocycles. The molecule has 0 aromatic heterocycles. The molecule has 0 bridgehead atoms. The Hall–Kier alpha value is -0.970. The first kappa shape index (κ1) is 14.4. The number of hydrogen-bond acceptors (Lipinski definition) is 3. The quantitative estimate of drug-likeness (QED) is 0.912. The van der Waals surface area contributed by atoms with Gasteiger partial charge in [0.05, 0.1) is 31.0 Å². The molecule has 0 saturated carbocycles. The normalized spacial score (nSPS) is 29.2. The minimum atomic E-state index is -0.422. The monoisotopic (exact) mass is 267 g/mol. The summed E-state index contributed by atoms with van der Waals surface area (Å²) in [6, 6.07) is 6.16. The van der Waals surface area contributed by atoms with Crippen LogP contribution in [0.2, 0.25) is 0 Å². The highest BCUT2D eigenvalue weighted by Crippen LogP contribution is 2.23. The second kappa shape index (κ2) is 6.46. The third-order valence-corrected chi connectivity index (χ3v) is 3.47. The van der Waals surface area contributed by atoms with Crippen molar-refractivity contribution in [3.05, 3.63) is 35.6 Å². The highest BCUT2D eigenvalue weighted by atomic mass is 19.1. The molecule has 4 heteroatoms. The molecule has 2 rings (SSSR count). The van der Waals surface area contributed by atoms with Crippen LogP contribution in [0.1, 0.15) is 38.3 Å². The van der Waals surface area contributed by atoms with Crippen LogP contribution < -0.4 is 5.73 Å². The number of hydrogen-bond donors (Lipinski definition) is 1. The van der Waals surface area contributed by atoms with E-state index in [2.05, 4.69) is 0 Å². The van der Waals surface area contributed by atoms with Crippen molar-refractivity contribution in [1.82, 2.24) is 0 Å². The second-order valence-corrected chi connectivity index (χ2v) is 5.31. The molecule has 0 spiro atoms. The van der Waals surface area contributed by atoms with E-state index >= 15 is 0 Å². The van der Waals surface area contributed by atoms with Gasteiger partial charge in [0, 0.05) is 5.56 Å². The van der Waals surface area contributed by atoms with Crippen LogP contribution in [0.3, 0.4) is 0 Å². The highest BCUT2D eigenvalue weighted by Gasteiger charge is 2.25. The van der Waals surface area contributed by atoms with Crippen molar-refractivity contribution in [3.63, 3.8) is 0 Å². The maximum atomic E-state index is 13.6. The number of nitrogens with two attached hydrogens (primary N) is 1. The van der Waals surface area contributed by atoms with Crippen molar-refractivity contribution in [2.75, 3.05) is 6.61 Å². The average Bonchev–Trinajstić information content (AvgIpc) is 2.35. The Balaban J connectivity index is 1.87. The van der Waals surface area contributed by atoms with E-state index in [1.807, 2.05) is 13.8 Å². The molecule has 1 heterocycles. The Kier molecular flexibility index (Phi) is 4.91. The molecule has 1 aromatic carbocycles. The third kappa shape index (κ3) is 4.00. The Morgan fingerprint density at radius 3 is 2.58 bits per heavy atom. The smallest absolute Gasteiger partial charge is 0.128 e. The van der Waals surface area contributed by atoms with Gasteiger partial charge in [0.1, 0.15) is 5.82 Å². The maximum Gasteiger partial charge on any atom is 0.128 e. The number of rotatable bonds is 4. The lowest BCUT2D eigenvalue weighted by molar-refractivity contribution is -0.103. The topological polar surface area (TPSA) is 44.5 Å². The van der Waals surface area contributed by atoms with Crippen LogP contribution >= 0.6 is 0 Å². The minimum absolute atomic E-state index is 0.150. The van der Waals surface area contributed by atoms with Crippen LogP contribution in [0.25, 0.3) is 0 Å². The summed E-state index contributed by atoms with van der Waals surface area (Å²) in [6.07, 6.45) is 2.30. The van der Waals surface area contributed by atoms with Crippen LogP contribution in [0.15, 0.2) is 24.3 Å². The Labute approximate surface area is 113 Å². The van der Waals surface area contributed by atoms with E-state index in [1.165, 1.54) is 6.07 Å². The predicted molar refractivity (Wildman–Crippen MR) is 72.3 cm³/mol. The summed E-state index contributed by atoms with van der Waals surface area (Å²) in [5, 5.41) is 0. The van der Waals surface area contributed by atoms with Crippen LogP contribution in [0.4, 0.5) is 4.39 Å². The molecule has 3 nitrogen and oxygen atoms in total. The van der Waals surface area contributed by atoms with Crippen LogP contribution in [-0.4, -0.2) is 24.9 Å². The summed E-state index contributed by atoms with van der Waals surface area (Å²) in [5.74, 6) is -0.271. The Bertz CT molecular complexity index is 403. The van der Waals surface area contributed by atoms with Gasteiger partial charge < -0.3 is 15.2 Å². The molecule has 1 saturated heterocycles. The van der Waals surface area contributed by atoms with Gasteiger partial charge in [-0.05, 0) is 32.8 Å². The Morgan fingerprint density at radius 1 is 1.32 bits per heavy atom. The molecule has 106 valence electrons. The van der Waals surface area contributed by atoms with Crippen molar-refractivity contribution in [2.45, 2.75) is 51.0 Å². The van der Waals surface area contributed by atoms with E-state index in [-0.39, 0.29) is 24.1 Å². The minimum Gasteiger partial charge on any atom is -0.376 e. The first-order chi connectivity index (χ1) is 9.06. The van der Waals surface area contributed by atoms with E-state index in [1.54, 1.807) is 18.2 Å². The van der Waals surface area contributed by atoms with Gasteiger partial charge in [0.25, 0.3) is 0 Å². The summed E-state index contributed by atoms with van der Waals surface area (Å²) in [6.45, 7) is 4.43. The lowest BCUT2D eigenvalue weighted by Gasteiger charge is -2.32. The maximum absolute atomic E-state index is 13.6. The zero-order valence-corrected chi connectivity index (χ0v) is 11.5. The lowest BCUT2D eigenvalue weighted by atomic mass is 10.0. The van der Waals surface area contributed by atoms with E-state index in [0.717, 1.165) is 12.8 Å². The predicted octanol–water partition coefficient (Wildman–Crippen LogP) is 2.80. The molecular weight excluding hydrogens is 245 g/mol. The number of halogens is 1. The second-order valence-electron chi connectivity index (χ2n) is 5.31. The van der Waals surface area contributed by atoms with Crippen molar-refractivity contribution >= 4 is 0 Å². The van der Waals surface area contributed by atoms with Crippen molar-refractivity contribution in [1.29, 1.82) is 0 Å². The fraction of sp³-hybridized carbons (Fsp3) is 0.600. The molecule has 0 amide bonds. The largest absolute Gasteiger partial charge is 0.376 e. The first-order valence-corrected chi connectivity index (χ1v) is 6.83. The molecule has 3 atom stereocenters. The molecule has 1 fully saturated rings. The molecule has 19 heavy (non-hydrogen) atoms. The van der Waals surface area contributed by atoms with E-state index in [0.29, 0.717) is 12.2 Å².